The fraction of sp³-hybridized carbons (Fsp3) is 0.438. The van der Waals surface area contributed by atoms with Gasteiger partial charge in [0.1, 0.15) is 6.33 Å². The van der Waals surface area contributed by atoms with Crippen molar-refractivity contribution in [2.24, 2.45) is 0 Å². The molecule has 0 saturated heterocycles. The van der Waals surface area contributed by atoms with Gasteiger partial charge in [-0.2, -0.15) is 0 Å². The molecule has 0 bridgehead atoms. The summed E-state index contributed by atoms with van der Waals surface area (Å²) in [6.45, 7) is 3.87. The Morgan fingerprint density at radius 1 is 1.27 bits per heavy atom. The number of rotatable bonds is 6. The van der Waals surface area contributed by atoms with Crippen LogP contribution in [0.5, 0.6) is 0 Å². The lowest BCUT2D eigenvalue weighted by atomic mass is 9.96. The molecule has 6 heteroatoms. The maximum atomic E-state index is 12.0. The fourth-order valence-corrected chi connectivity index (χ4v) is 2.66. The third-order valence-corrected chi connectivity index (χ3v) is 4.27. The molecule has 1 saturated carbocycles. The molecule has 0 unspecified atom stereocenters. The molecule has 1 heterocycles. The van der Waals surface area contributed by atoms with Crippen molar-refractivity contribution in [3.63, 3.8) is 0 Å². The molecule has 3 rings (SSSR count). The van der Waals surface area contributed by atoms with E-state index in [1.54, 1.807) is 6.33 Å². The van der Waals surface area contributed by atoms with Crippen LogP contribution in [-0.2, 0) is 18.5 Å². The van der Waals surface area contributed by atoms with Crippen LogP contribution in [0, 0.1) is 0 Å². The second kappa shape index (κ2) is 6.17. The largest absolute Gasteiger partial charge is 0.337 e. The molecule has 0 radical (unpaired) electrons. The number of carbonyl (C=O) groups excluding carboxylic acids is 1. The molecule has 1 aliphatic rings. The Balaban J connectivity index is 1.49. The van der Waals surface area contributed by atoms with Gasteiger partial charge in [0.25, 0.3) is 0 Å². The summed E-state index contributed by atoms with van der Waals surface area (Å²) in [6, 6.07) is 10.2. The van der Waals surface area contributed by atoms with Crippen molar-refractivity contribution in [1.82, 2.24) is 25.4 Å². The van der Waals surface area contributed by atoms with E-state index in [4.69, 9.17) is 0 Å². The Bertz CT molecular complexity index is 633. The number of aryl methyl sites for hydroxylation is 1. The minimum atomic E-state index is -0.159. The average molecular weight is 299 g/mol. The highest BCUT2D eigenvalue weighted by atomic mass is 16.2. The van der Waals surface area contributed by atoms with Crippen molar-refractivity contribution < 1.29 is 4.79 Å². The summed E-state index contributed by atoms with van der Waals surface area (Å²) in [5, 5.41) is 13.7. The molecular formula is C16H21N5O. The second-order valence-electron chi connectivity index (χ2n) is 5.72. The quantitative estimate of drug-likeness (QED) is 0.855. The molecule has 2 aromatic rings. The average Bonchev–Trinajstić information content (AvgIpc) is 3.22. The van der Waals surface area contributed by atoms with Crippen molar-refractivity contribution >= 4 is 6.03 Å². The number of hydrogen-bond acceptors (Lipinski definition) is 3. The summed E-state index contributed by atoms with van der Waals surface area (Å²) in [6.07, 6.45) is 3.92. The van der Waals surface area contributed by atoms with Crippen LogP contribution >= 0.6 is 0 Å². The number of aromatic nitrogens is 3. The van der Waals surface area contributed by atoms with Gasteiger partial charge in [-0.1, -0.05) is 30.3 Å². The van der Waals surface area contributed by atoms with Crippen LogP contribution in [0.2, 0.25) is 0 Å². The van der Waals surface area contributed by atoms with E-state index in [2.05, 4.69) is 33.0 Å². The van der Waals surface area contributed by atoms with E-state index in [-0.39, 0.29) is 11.4 Å². The van der Waals surface area contributed by atoms with Gasteiger partial charge in [0.15, 0.2) is 5.82 Å². The Morgan fingerprint density at radius 3 is 2.73 bits per heavy atom. The topological polar surface area (TPSA) is 71.8 Å². The second-order valence-corrected chi connectivity index (χ2v) is 5.72. The number of benzene rings is 1. The van der Waals surface area contributed by atoms with Crippen molar-refractivity contribution in [3.05, 3.63) is 48.0 Å². The number of carbonyl (C=O) groups is 1. The van der Waals surface area contributed by atoms with Gasteiger partial charge in [-0.15, -0.1) is 10.2 Å². The number of amides is 2. The zero-order chi connectivity index (χ0) is 15.4. The summed E-state index contributed by atoms with van der Waals surface area (Å²) in [5.41, 5.74) is 1.43. The summed E-state index contributed by atoms with van der Waals surface area (Å²) in [4.78, 5) is 12.0. The highest BCUT2D eigenvalue weighted by Crippen LogP contribution is 2.47. The summed E-state index contributed by atoms with van der Waals surface area (Å²) >= 11 is 0. The van der Waals surface area contributed by atoms with Gasteiger partial charge in [0, 0.05) is 18.5 Å². The van der Waals surface area contributed by atoms with Crippen LogP contribution in [-0.4, -0.2) is 27.3 Å². The number of hydrogen-bond donors (Lipinski definition) is 2. The van der Waals surface area contributed by atoms with E-state index >= 15 is 0 Å². The van der Waals surface area contributed by atoms with Crippen LogP contribution in [0.4, 0.5) is 4.79 Å². The third-order valence-electron chi connectivity index (χ3n) is 4.27. The van der Waals surface area contributed by atoms with E-state index in [0.717, 1.165) is 25.2 Å². The number of nitrogens with zero attached hydrogens (tertiary/aromatic N) is 3. The van der Waals surface area contributed by atoms with Crippen LogP contribution in [0.25, 0.3) is 0 Å². The van der Waals surface area contributed by atoms with Crippen LogP contribution in [0.3, 0.4) is 0 Å². The standard InChI is InChI=1S/C16H21N5O/c1-2-21-12-19-20-14(21)10-17-15(22)18-11-16(8-9-16)13-6-4-3-5-7-13/h3-7,12H,2,8-11H2,1H3,(H2,17,18,22). The molecule has 1 fully saturated rings. The smallest absolute Gasteiger partial charge is 0.315 e. The molecule has 0 aliphatic heterocycles. The number of urea groups is 1. The Labute approximate surface area is 129 Å². The molecule has 1 aromatic carbocycles. The number of nitrogens with one attached hydrogen (secondary N) is 2. The van der Waals surface area contributed by atoms with Crippen molar-refractivity contribution in [2.45, 2.75) is 38.3 Å². The monoisotopic (exact) mass is 299 g/mol. The summed E-state index contributed by atoms with van der Waals surface area (Å²) in [7, 11) is 0. The SMILES string of the molecule is CCn1cnnc1CNC(=O)NCC1(c2ccccc2)CC1. The van der Waals surface area contributed by atoms with Gasteiger partial charge in [-0.25, -0.2) is 4.79 Å². The van der Waals surface area contributed by atoms with Crippen molar-refractivity contribution in [2.75, 3.05) is 6.54 Å². The maximum absolute atomic E-state index is 12.0. The van der Waals surface area contributed by atoms with Gasteiger partial charge in [0.05, 0.1) is 6.54 Å². The molecule has 2 N–H and O–H groups in total. The predicted octanol–water partition coefficient (Wildman–Crippen LogP) is 1.83. The van der Waals surface area contributed by atoms with Gasteiger partial charge < -0.3 is 15.2 Å². The van der Waals surface area contributed by atoms with E-state index < -0.39 is 0 Å². The molecule has 2 amide bonds. The third kappa shape index (κ3) is 3.10. The van der Waals surface area contributed by atoms with Gasteiger partial charge in [0.2, 0.25) is 0 Å². The van der Waals surface area contributed by atoms with Crippen LogP contribution in [0.15, 0.2) is 36.7 Å². The van der Waals surface area contributed by atoms with E-state index in [9.17, 15) is 4.79 Å². The first kappa shape index (κ1) is 14.6. The Kier molecular flexibility index (Phi) is 4.09. The predicted molar refractivity (Wildman–Crippen MR) is 83.3 cm³/mol. The van der Waals surface area contributed by atoms with E-state index in [1.807, 2.05) is 29.7 Å². The first-order valence-corrected chi connectivity index (χ1v) is 7.67. The maximum Gasteiger partial charge on any atom is 0.315 e. The van der Waals surface area contributed by atoms with Crippen LogP contribution < -0.4 is 10.6 Å². The highest BCUT2D eigenvalue weighted by molar-refractivity contribution is 5.74. The minimum absolute atomic E-state index is 0.127. The van der Waals surface area contributed by atoms with Gasteiger partial charge >= 0.3 is 6.03 Å². The lowest BCUT2D eigenvalue weighted by Gasteiger charge is -2.16. The molecule has 0 spiro atoms. The molecule has 0 atom stereocenters. The van der Waals surface area contributed by atoms with Gasteiger partial charge in [-0.05, 0) is 25.3 Å². The van der Waals surface area contributed by atoms with E-state index in [1.165, 1.54) is 5.56 Å². The fourth-order valence-electron chi connectivity index (χ4n) is 2.66. The molecule has 1 aromatic heterocycles. The van der Waals surface area contributed by atoms with Crippen molar-refractivity contribution in [1.29, 1.82) is 0 Å². The normalized spacial score (nSPS) is 15.3. The highest BCUT2D eigenvalue weighted by Gasteiger charge is 2.44. The zero-order valence-electron chi connectivity index (χ0n) is 12.7. The van der Waals surface area contributed by atoms with Crippen LogP contribution in [0.1, 0.15) is 31.2 Å². The Morgan fingerprint density at radius 2 is 2.05 bits per heavy atom. The summed E-state index contributed by atoms with van der Waals surface area (Å²) in [5.74, 6) is 0.766. The van der Waals surface area contributed by atoms with Crippen molar-refractivity contribution in [3.8, 4) is 0 Å². The van der Waals surface area contributed by atoms with Gasteiger partial charge in [-0.3, -0.25) is 0 Å². The molecular weight excluding hydrogens is 278 g/mol. The lowest BCUT2D eigenvalue weighted by Crippen LogP contribution is -2.39. The molecule has 1 aliphatic carbocycles. The molecule has 22 heavy (non-hydrogen) atoms. The first-order valence-electron chi connectivity index (χ1n) is 7.67. The molecule has 6 nitrogen and oxygen atoms in total. The lowest BCUT2D eigenvalue weighted by molar-refractivity contribution is 0.239. The summed E-state index contributed by atoms with van der Waals surface area (Å²) < 4.78 is 1.91. The molecule has 116 valence electrons. The minimum Gasteiger partial charge on any atom is -0.337 e. The van der Waals surface area contributed by atoms with E-state index in [0.29, 0.717) is 13.1 Å². The zero-order valence-corrected chi connectivity index (χ0v) is 12.7. The Hall–Kier alpha value is -2.37. The first-order chi connectivity index (χ1) is 10.7.